The van der Waals surface area contributed by atoms with Crippen LogP contribution in [-0.2, 0) is 0 Å². The summed E-state index contributed by atoms with van der Waals surface area (Å²) < 4.78 is 18.6. The molecule has 3 aromatic rings. The van der Waals surface area contributed by atoms with Gasteiger partial charge in [-0.3, -0.25) is 0 Å². The maximum Gasteiger partial charge on any atom is 0.230 e. The van der Waals surface area contributed by atoms with Gasteiger partial charge in [-0.15, -0.1) is 0 Å². The Kier molecular flexibility index (Phi) is 6.27. The molecule has 0 bridgehead atoms. The fraction of sp³-hybridized carbons (Fsp3) is 0.278. The molecular weight excluding hydrogens is 387 g/mol. The van der Waals surface area contributed by atoms with Gasteiger partial charge in [0.1, 0.15) is 10.8 Å². The number of aromatic amines is 1. The monoisotopic (exact) mass is 406 g/mol. The van der Waals surface area contributed by atoms with E-state index in [0.717, 1.165) is 0 Å². The highest BCUT2D eigenvalue weighted by Crippen LogP contribution is 2.26. The summed E-state index contributed by atoms with van der Waals surface area (Å²) in [6, 6.07) is 6.97. The summed E-state index contributed by atoms with van der Waals surface area (Å²) in [4.78, 5) is 8.44. The molecule has 0 saturated heterocycles. The predicted octanol–water partition coefficient (Wildman–Crippen LogP) is 3.67. The van der Waals surface area contributed by atoms with Crippen LogP contribution in [0.5, 0.6) is 5.88 Å². The van der Waals surface area contributed by atoms with Crippen molar-refractivity contribution in [2.45, 2.75) is 26.0 Å². The molecule has 0 aliphatic heterocycles. The van der Waals surface area contributed by atoms with E-state index < -0.39 is 6.04 Å². The van der Waals surface area contributed by atoms with Crippen molar-refractivity contribution in [2.75, 3.05) is 17.2 Å². The smallest absolute Gasteiger partial charge is 0.230 e. The van der Waals surface area contributed by atoms with E-state index in [0.29, 0.717) is 23.1 Å². The van der Waals surface area contributed by atoms with E-state index in [-0.39, 0.29) is 29.5 Å². The number of ether oxygens (including phenoxy) is 1. The number of hydrogen-bond donors (Lipinski definition) is 4. The number of benzene rings is 1. The van der Waals surface area contributed by atoms with Crippen LogP contribution in [0.3, 0.4) is 0 Å². The summed E-state index contributed by atoms with van der Waals surface area (Å²) in [7, 11) is 0. The highest BCUT2D eigenvalue weighted by molar-refractivity contribution is 6.32. The fourth-order valence-electron chi connectivity index (χ4n) is 2.42. The Hall–Kier alpha value is -2.91. The van der Waals surface area contributed by atoms with E-state index in [1.54, 1.807) is 18.2 Å². The summed E-state index contributed by atoms with van der Waals surface area (Å²) >= 11 is 6.18. The quantitative estimate of drug-likeness (QED) is 0.452. The molecule has 8 nitrogen and oxygen atoms in total. The van der Waals surface area contributed by atoms with Crippen LogP contribution in [0.1, 0.15) is 25.5 Å². The normalized spacial score (nSPS) is 12.1. The van der Waals surface area contributed by atoms with Crippen LogP contribution in [0.4, 0.5) is 22.0 Å². The van der Waals surface area contributed by atoms with Gasteiger partial charge in [0.15, 0.2) is 11.6 Å². The number of aliphatic hydroxyl groups is 1. The van der Waals surface area contributed by atoms with Crippen LogP contribution in [0.25, 0.3) is 0 Å². The lowest BCUT2D eigenvalue weighted by Crippen LogP contribution is -2.16. The first-order valence-corrected chi connectivity index (χ1v) is 8.97. The molecule has 10 heteroatoms. The number of halogens is 2. The molecule has 0 radical (unpaired) electrons. The molecule has 0 amide bonds. The van der Waals surface area contributed by atoms with Crippen LogP contribution in [0, 0.1) is 5.82 Å². The van der Waals surface area contributed by atoms with Crippen LogP contribution < -0.4 is 15.4 Å². The lowest BCUT2D eigenvalue weighted by molar-refractivity contribution is 0.232. The second-order valence-electron chi connectivity index (χ2n) is 6.23. The van der Waals surface area contributed by atoms with E-state index in [9.17, 15) is 9.50 Å². The van der Waals surface area contributed by atoms with Gasteiger partial charge in [-0.1, -0.05) is 23.7 Å². The van der Waals surface area contributed by atoms with Crippen molar-refractivity contribution in [3.8, 4) is 5.88 Å². The standard InChI is InChI=1S/C18H20ClFN6O2/c1-10(2)28-16-7-15(25-26-16)23-18-21-8-13(19)17(24-18)22-14(9-27)11-3-5-12(20)6-4-11/h3-8,10,14,27H,9H2,1-2H3,(H3,21,22,23,24,25,26)/t14-/m0/s1. The SMILES string of the molecule is CC(C)Oc1cc(Nc2ncc(Cl)c(N[C@@H](CO)c3ccc(F)cc3)n2)n[nH]1. The summed E-state index contributed by atoms with van der Waals surface area (Å²) in [6.45, 7) is 3.59. The molecule has 0 spiro atoms. The highest BCUT2D eigenvalue weighted by atomic mass is 35.5. The molecule has 4 N–H and O–H groups in total. The molecule has 148 valence electrons. The summed E-state index contributed by atoms with van der Waals surface area (Å²) in [6.07, 6.45) is 1.44. The van der Waals surface area contributed by atoms with Crippen molar-refractivity contribution in [3.05, 3.63) is 52.9 Å². The number of nitrogens with zero attached hydrogens (tertiary/aromatic N) is 3. The average Bonchev–Trinajstić information content (AvgIpc) is 3.09. The third kappa shape index (κ3) is 5.08. The maximum absolute atomic E-state index is 13.1. The number of H-pyrrole nitrogens is 1. The topological polar surface area (TPSA) is 108 Å². The Morgan fingerprint density at radius 3 is 2.71 bits per heavy atom. The van der Waals surface area contributed by atoms with Crippen molar-refractivity contribution in [1.82, 2.24) is 20.2 Å². The number of hydrogen-bond acceptors (Lipinski definition) is 7. The minimum Gasteiger partial charge on any atom is -0.475 e. The summed E-state index contributed by atoms with van der Waals surface area (Å²) in [5.74, 6) is 1.21. The second kappa shape index (κ2) is 8.85. The number of rotatable bonds is 8. The Balaban J connectivity index is 1.75. The maximum atomic E-state index is 13.1. The highest BCUT2D eigenvalue weighted by Gasteiger charge is 2.15. The molecule has 0 aliphatic carbocycles. The fourth-order valence-corrected chi connectivity index (χ4v) is 2.57. The van der Waals surface area contributed by atoms with Gasteiger partial charge in [-0.2, -0.15) is 10.1 Å². The van der Waals surface area contributed by atoms with E-state index in [1.165, 1.54) is 18.3 Å². The lowest BCUT2D eigenvalue weighted by atomic mass is 10.1. The Labute approximate surface area is 166 Å². The molecule has 28 heavy (non-hydrogen) atoms. The van der Waals surface area contributed by atoms with Gasteiger partial charge in [0.25, 0.3) is 0 Å². The van der Waals surface area contributed by atoms with Crippen molar-refractivity contribution in [2.24, 2.45) is 0 Å². The van der Waals surface area contributed by atoms with Gasteiger partial charge >= 0.3 is 0 Å². The predicted molar refractivity (Wildman–Crippen MR) is 105 cm³/mol. The van der Waals surface area contributed by atoms with Crippen LogP contribution in [0.2, 0.25) is 5.02 Å². The van der Waals surface area contributed by atoms with Crippen molar-refractivity contribution < 1.29 is 14.2 Å². The molecule has 0 aliphatic rings. The molecule has 2 aromatic heterocycles. The number of aromatic nitrogens is 4. The third-order valence-corrected chi connectivity index (χ3v) is 3.94. The second-order valence-corrected chi connectivity index (χ2v) is 6.64. The molecule has 1 aromatic carbocycles. The minimum atomic E-state index is -0.516. The average molecular weight is 407 g/mol. The van der Waals surface area contributed by atoms with E-state index in [2.05, 4.69) is 30.8 Å². The Bertz CT molecular complexity index is 919. The third-order valence-electron chi connectivity index (χ3n) is 3.67. The number of aliphatic hydroxyl groups excluding tert-OH is 1. The molecule has 3 rings (SSSR count). The Morgan fingerprint density at radius 1 is 1.29 bits per heavy atom. The van der Waals surface area contributed by atoms with E-state index in [4.69, 9.17) is 16.3 Å². The molecule has 1 atom stereocenters. The van der Waals surface area contributed by atoms with Crippen molar-refractivity contribution in [1.29, 1.82) is 0 Å². The first kappa shape index (κ1) is 19.8. The first-order valence-electron chi connectivity index (χ1n) is 8.59. The van der Waals surface area contributed by atoms with Crippen molar-refractivity contribution in [3.63, 3.8) is 0 Å². The van der Waals surface area contributed by atoms with Gasteiger partial charge in [-0.05, 0) is 31.5 Å². The van der Waals surface area contributed by atoms with Gasteiger partial charge in [0.05, 0.1) is 24.9 Å². The van der Waals surface area contributed by atoms with Crippen LogP contribution in [-0.4, -0.2) is 38.0 Å². The number of nitrogens with one attached hydrogen (secondary N) is 3. The Morgan fingerprint density at radius 2 is 2.04 bits per heavy atom. The molecular formula is C18H20ClFN6O2. The van der Waals surface area contributed by atoms with E-state index >= 15 is 0 Å². The van der Waals surface area contributed by atoms with Crippen molar-refractivity contribution >= 4 is 29.2 Å². The molecule has 0 unspecified atom stereocenters. The minimum absolute atomic E-state index is 0.0118. The van der Waals surface area contributed by atoms with Gasteiger partial charge in [-0.25, -0.2) is 14.5 Å². The summed E-state index contributed by atoms with van der Waals surface area (Å²) in [5, 5.41) is 22.8. The zero-order chi connectivity index (χ0) is 20.1. The first-order chi connectivity index (χ1) is 13.4. The summed E-state index contributed by atoms with van der Waals surface area (Å²) in [5.41, 5.74) is 0.691. The van der Waals surface area contributed by atoms with Crippen LogP contribution in [0.15, 0.2) is 36.5 Å². The molecule has 0 fully saturated rings. The van der Waals surface area contributed by atoms with Gasteiger partial charge in [0.2, 0.25) is 11.8 Å². The van der Waals surface area contributed by atoms with E-state index in [1.807, 2.05) is 13.8 Å². The molecule has 2 heterocycles. The molecule has 0 saturated carbocycles. The largest absolute Gasteiger partial charge is 0.475 e. The zero-order valence-electron chi connectivity index (χ0n) is 15.3. The zero-order valence-corrected chi connectivity index (χ0v) is 16.0. The van der Waals surface area contributed by atoms with Crippen LogP contribution >= 0.6 is 11.6 Å². The lowest BCUT2D eigenvalue weighted by Gasteiger charge is -2.18. The number of anilines is 3. The van der Waals surface area contributed by atoms with Gasteiger partial charge in [0, 0.05) is 6.07 Å². The van der Waals surface area contributed by atoms with Gasteiger partial charge < -0.3 is 20.5 Å².